The Bertz CT molecular complexity index is 776. The molecule has 0 N–H and O–H groups in total. The third-order valence-corrected chi connectivity index (χ3v) is 4.58. The fourth-order valence-electron chi connectivity index (χ4n) is 1.95. The van der Waals surface area contributed by atoms with Gasteiger partial charge in [0.1, 0.15) is 5.82 Å². The highest BCUT2D eigenvalue weighted by atomic mass is 79.9. The second-order valence-electron chi connectivity index (χ2n) is 4.70. The standard InChI is InChI=1S/C16H12BrFN2OS/c1-10(11-5-7-14(18)8-6-11)22-16-20-19-15(21-16)12-3-2-4-13(17)9-12/h2-10H,1H3. The molecule has 0 bridgehead atoms. The lowest BCUT2D eigenvalue weighted by Gasteiger charge is -2.08. The number of nitrogens with zero attached hydrogens (tertiary/aromatic N) is 2. The first-order valence-corrected chi connectivity index (χ1v) is 8.30. The Labute approximate surface area is 140 Å². The fourth-order valence-corrected chi connectivity index (χ4v) is 3.16. The molecule has 112 valence electrons. The van der Waals surface area contributed by atoms with E-state index >= 15 is 0 Å². The van der Waals surface area contributed by atoms with Crippen molar-refractivity contribution >= 4 is 27.7 Å². The van der Waals surface area contributed by atoms with E-state index in [1.165, 1.54) is 23.9 Å². The van der Waals surface area contributed by atoms with E-state index in [0.717, 1.165) is 15.6 Å². The highest BCUT2D eigenvalue weighted by Gasteiger charge is 2.14. The van der Waals surface area contributed by atoms with Crippen LogP contribution in [-0.2, 0) is 0 Å². The molecular formula is C16H12BrFN2OS. The van der Waals surface area contributed by atoms with Crippen molar-refractivity contribution in [3.63, 3.8) is 0 Å². The zero-order chi connectivity index (χ0) is 15.5. The van der Waals surface area contributed by atoms with Gasteiger partial charge >= 0.3 is 0 Å². The van der Waals surface area contributed by atoms with Crippen LogP contribution in [0, 0.1) is 5.82 Å². The maximum Gasteiger partial charge on any atom is 0.277 e. The average molecular weight is 379 g/mol. The Morgan fingerprint density at radius 2 is 1.91 bits per heavy atom. The van der Waals surface area contributed by atoms with Crippen LogP contribution in [0.15, 0.2) is 62.6 Å². The van der Waals surface area contributed by atoms with Gasteiger partial charge in [-0.25, -0.2) is 4.39 Å². The van der Waals surface area contributed by atoms with Crippen LogP contribution in [0.4, 0.5) is 4.39 Å². The monoisotopic (exact) mass is 378 g/mol. The molecule has 2 aromatic carbocycles. The number of hydrogen-bond acceptors (Lipinski definition) is 4. The maximum atomic E-state index is 12.9. The van der Waals surface area contributed by atoms with E-state index in [0.29, 0.717) is 11.1 Å². The molecule has 0 spiro atoms. The number of aromatic nitrogens is 2. The van der Waals surface area contributed by atoms with Crippen LogP contribution in [0.2, 0.25) is 0 Å². The number of benzene rings is 2. The summed E-state index contributed by atoms with van der Waals surface area (Å²) in [6.45, 7) is 2.01. The molecule has 0 radical (unpaired) electrons. The number of halogens is 2. The van der Waals surface area contributed by atoms with Gasteiger partial charge in [0.25, 0.3) is 5.22 Å². The predicted octanol–water partition coefficient (Wildman–Crippen LogP) is 5.49. The van der Waals surface area contributed by atoms with E-state index in [-0.39, 0.29) is 11.1 Å². The van der Waals surface area contributed by atoms with Gasteiger partial charge in [0, 0.05) is 15.3 Å². The van der Waals surface area contributed by atoms with E-state index in [9.17, 15) is 4.39 Å². The van der Waals surface area contributed by atoms with Crippen molar-refractivity contribution < 1.29 is 8.81 Å². The predicted molar refractivity (Wildman–Crippen MR) is 88.1 cm³/mol. The molecule has 3 rings (SSSR count). The van der Waals surface area contributed by atoms with Crippen molar-refractivity contribution in [2.75, 3.05) is 0 Å². The Morgan fingerprint density at radius 3 is 2.64 bits per heavy atom. The molecule has 0 fully saturated rings. The van der Waals surface area contributed by atoms with E-state index in [1.807, 2.05) is 31.2 Å². The lowest BCUT2D eigenvalue weighted by atomic mass is 10.2. The van der Waals surface area contributed by atoms with E-state index in [2.05, 4.69) is 26.1 Å². The van der Waals surface area contributed by atoms with Crippen molar-refractivity contribution in [3.8, 4) is 11.5 Å². The molecule has 1 heterocycles. The van der Waals surface area contributed by atoms with Crippen molar-refractivity contribution in [2.45, 2.75) is 17.4 Å². The van der Waals surface area contributed by atoms with Crippen LogP contribution in [0.3, 0.4) is 0 Å². The van der Waals surface area contributed by atoms with Gasteiger partial charge in [-0.05, 0) is 42.8 Å². The maximum absolute atomic E-state index is 12.9. The van der Waals surface area contributed by atoms with Crippen molar-refractivity contribution in [2.24, 2.45) is 0 Å². The smallest absolute Gasteiger partial charge is 0.277 e. The van der Waals surface area contributed by atoms with Crippen molar-refractivity contribution in [3.05, 3.63) is 64.4 Å². The van der Waals surface area contributed by atoms with Crippen molar-refractivity contribution in [1.82, 2.24) is 10.2 Å². The van der Waals surface area contributed by atoms with Gasteiger partial charge in [-0.15, -0.1) is 10.2 Å². The van der Waals surface area contributed by atoms with E-state index in [1.54, 1.807) is 12.1 Å². The van der Waals surface area contributed by atoms with Crippen LogP contribution >= 0.6 is 27.7 Å². The molecule has 1 unspecified atom stereocenters. The zero-order valence-corrected chi connectivity index (χ0v) is 14.1. The molecule has 0 amide bonds. The summed E-state index contributed by atoms with van der Waals surface area (Å²) in [6.07, 6.45) is 0. The number of thioether (sulfide) groups is 1. The summed E-state index contributed by atoms with van der Waals surface area (Å²) in [6, 6.07) is 14.1. The molecule has 0 saturated heterocycles. The van der Waals surface area contributed by atoms with Crippen LogP contribution in [-0.4, -0.2) is 10.2 Å². The van der Waals surface area contributed by atoms with Crippen LogP contribution in [0.5, 0.6) is 0 Å². The summed E-state index contributed by atoms with van der Waals surface area (Å²) < 4.78 is 19.6. The normalized spacial score (nSPS) is 12.3. The third kappa shape index (κ3) is 3.56. The van der Waals surface area contributed by atoms with Crippen LogP contribution < -0.4 is 0 Å². The van der Waals surface area contributed by atoms with Gasteiger partial charge in [-0.1, -0.05) is 45.9 Å². The summed E-state index contributed by atoms with van der Waals surface area (Å²) in [7, 11) is 0. The Morgan fingerprint density at radius 1 is 1.14 bits per heavy atom. The molecule has 6 heteroatoms. The average Bonchev–Trinajstić information content (AvgIpc) is 2.96. The molecule has 0 aliphatic carbocycles. The molecule has 0 aliphatic rings. The molecule has 0 aliphatic heterocycles. The van der Waals surface area contributed by atoms with Gasteiger partial charge in [0.05, 0.1) is 0 Å². The SMILES string of the molecule is CC(Sc1nnc(-c2cccc(Br)c2)o1)c1ccc(F)cc1. The Hall–Kier alpha value is -1.66. The molecule has 1 aromatic heterocycles. The highest BCUT2D eigenvalue weighted by Crippen LogP contribution is 2.35. The molecular weight excluding hydrogens is 367 g/mol. The molecule has 22 heavy (non-hydrogen) atoms. The summed E-state index contributed by atoms with van der Waals surface area (Å²) in [5.41, 5.74) is 1.87. The Balaban J connectivity index is 1.75. The first-order chi connectivity index (χ1) is 10.6. The van der Waals surface area contributed by atoms with Crippen LogP contribution in [0.1, 0.15) is 17.7 Å². The van der Waals surface area contributed by atoms with Gasteiger partial charge in [-0.2, -0.15) is 0 Å². The first kappa shape index (κ1) is 15.2. The molecule has 1 atom stereocenters. The lowest BCUT2D eigenvalue weighted by Crippen LogP contribution is -1.88. The fraction of sp³-hybridized carbons (Fsp3) is 0.125. The minimum Gasteiger partial charge on any atom is -0.411 e. The first-order valence-electron chi connectivity index (χ1n) is 6.63. The zero-order valence-electron chi connectivity index (χ0n) is 11.7. The molecule has 0 saturated carbocycles. The molecule has 3 nitrogen and oxygen atoms in total. The summed E-state index contributed by atoms with van der Waals surface area (Å²) >= 11 is 4.87. The van der Waals surface area contributed by atoms with Gasteiger partial charge in [0.2, 0.25) is 5.89 Å². The quantitative estimate of drug-likeness (QED) is 0.562. The van der Waals surface area contributed by atoms with Crippen molar-refractivity contribution in [1.29, 1.82) is 0 Å². The largest absolute Gasteiger partial charge is 0.411 e. The minimum atomic E-state index is -0.240. The highest BCUT2D eigenvalue weighted by molar-refractivity contribution is 9.10. The second-order valence-corrected chi connectivity index (χ2v) is 6.90. The van der Waals surface area contributed by atoms with Gasteiger partial charge in [-0.3, -0.25) is 0 Å². The third-order valence-electron chi connectivity index (χ3n) is 3.10. The Kier molecular flexibility index (Phi) is 4.59. The van der Waals surface area contributed by atoms with Gasteiger partial charge < -0.3 is 4.42 Å². The summed E-state index contributed by atoms with van der Waals surface area (Å²) in [4.78, 5) is 0. The van der Waals surface area contributed by atoms with Crippen LogP contribution in [0.25, 0.3) is 11.5 Å². The van der Waals surface area contributed by atoms with E-state index in [4.69, 9.17) is 4.42 Å². The lowest BCUT2D eigenvalue weighted by molar-refractivity contribution is 0.465. The topological polar surface area (TPSA) is 38.9 Å². The van der Waals surface area contributed by atoms with E-state index < -0.39 is 0 Å². The number of hydrogen-bond donors (Lipinski definition) is 0. The summed E-state index contributed by atoms with van der Waals surface area (Å²) in [5.74, 6) is 0.241. The molecule has 3 aromatic rings. The number of rotatable bonds is 4. The van der Waals surface area contributed by atoms with Gasteiger partial charge in [0.15, 0.2) is 0 Å². The summed E-state index contributed by atoms with van der Waals surface area (Å²) in [5, 5.41) is 8.72. The minimum absolute atomic E-state index is 0.0939. The second kappa shape index (κ2) is 6.62.